The molecule has 0 fully saturated rings. The third-order valence-electron chi connectivity index (χ3n) is 3.23. The van der Waals surface area contributed by atoms with E-state index < -0.39 is 0 Å². The zero-order valence-corrected chi connectivity index (χ0v) is 12.8. The molecule has 0 aliphatic rings. The summed E-state index contributed by atoms with van der Waals surface area (Å²) < 4.78 is 5.67. The zero-order chi connectivity index (χ0) is 15.9. The fourth-order valence-corrected chi connectivity index (χ4v) is 2.14. The van der Waals surface area contributed by atoms with E-state index in [9.17, 15) is 4.79 Å². The average Bonchev–Trinajstić information content (AvgIpc) is 2.52. The summed E-state index contributed by atoms with van der Waals surface area (Å²) in [4.78, 5) is 11.8. The maximum absolute atomic E-state index is 11.8. The molecule has 1 amide bonds. The number of aryl methyl sites for hydroxylation is 2. The number of nitrogens with one attached hydrogen (secondary N) is 2. The lowest BCUT2D eigenvalue weighted by atomic mass is 10.1. The fourth-order valence-electron chi connectivity index (χ4n) is 2.14. The van der Waals surface area contributed by atoms with E-state index in [1.165, 1.54) is 0 Å². The number of nitrogen functional groups attached to an aromatic ring is 1. The molecule has 116 valence electrons. The Bertz CT molecular complexity index is 656. The van der Waals surface area contributed by atoms with Crippen molar-refractivity contribution in [2.24, 2.45) is 5.84 Å². The van der Waals surface area contributed by atoms with E-state index in [-0.39, 0.29) is 5.91 Å². The Balaban J connectivity index is 1.93. The number of hydrogen-bond acceptors (Lipinski definition) is 4. The van der Waals surface area contributed by atoms with Crippen molar-refractivity contribution in [3.8, 4) is 5.75 Å². The Morgan fingerprint density at radius 1 is 1.14 bits per heavy atom. The number of rotatable bonds is 6. The van der Waals surface area contributed by atoms with Crippen molar-refractivity contribution in [2.45, 2.75) is 13.8 Å². The van der Waals surface area contributed by atoms with Crippen LogP contribution in [-0.4, -0.2) is 19.1 Å². The maximum Gasteiger partial charge on any atom is 0.267 e. The van der Waals surface area contributed by atoms with Gasteiger partial charge >= 0.3 is 0 Å². The monoisotopic (exact) mass is 299 g/mol. The first-order valence-electron chi connectivity index (χ1n) is 7.15. The molecule has 2 aromatic carbocycles. The summed E-state index contributed by atoms with van der Waals surface area (Å²) in [5.41, 5.74) is 5.58. The van der Waals surface area contributed by atoms with E-state index >= 15 is 0 Å². The molecule has 0 saturated heterocycles. The van der Waals surface area contributed by atoms with Gasteiger partial charge in [0.05, 0.1) is 5.56 Å². The number of amides is 1. The summed E-state index contributed by atoms with van der Waals surface area (Å²) >= 11 is 0. The molecule has 2 rings (SSSR count). The van der Waals surface area contributed by atoms with Gasteiger partial charge in [0.25, 0.3) is 5.91 Å². The highest BCUT2D eigenvalue weighted by molar-refractivity contribution is 5.99. The number of anilines is 1. The highest BCUT2D eigenvalue weighted by Crippen LogP contribution is 2.17. The lowest BCUT2D eigenvalue weighted by Gasteiger charge is -2.13. The number of carbonyl (C=O) groups is 1. The summed E-state index contributed by atoms with van der Waals surface area (Å²) in [7, 11) is 0. The van der Waals surface area contributed by atoms with Gasteiger partial charge in [0.15, 0.2) is 0 Å². The molecule has 0 heterocycles. The first-order valence-corrected chi connectivity index (χ1v) is 7.15. The van der Waals surface area contributed by atoms with Gasteiger partial charge in [-0.25, -0.2) is 5.84 Å². The van der Waals surface area contributed by atoms with E-state index in [4.69, 9.17) is 10.6 Å². The van der Waals surface area contributed by atoms with Crippen molar-refractivity contribution in [3.05, 3.63) is 59.2 Å². The van der Waals surface area contributed by atoms with E-state index in [1.54, 1.807) is 6.07 Å². The Morgan fingerprint density at radius 2 is 1.91 bits per heavy atom. The number of hydrogen-bond donors (Lipinski definition) is 3. The molecule has 0 atom stereocenters. The molecule has 5 nitrogen and oxygen atoms in total. The minimum atomic E-state index is -0.314. The fraction of sp³-hybridized carbons (Fsp3) is 0.235. The third-order valence-corrected chi connectivity index (χ3v) is 3.23. The molecule has 0 saturated carbocycles. The summed E-state index contributed by atoms with van der Waals surface area (Å²) in [5.74, 6) is 5.74. The molecule has 0 bridgehead atoms. The molecular formula is C17H21N3O2. The van der Waals surface area contributed by atoms with Gasteiger partial charge in [-0.1, -0.05) is 23.8 Å². The highest BCUT2D eigenvalue weighted by atomic mass is 16.5. The Morgan fingerprint density at radius 3 is 2.64 bits per heavy atom. The van der Waals surface area contributed by atoms with Crippen LogP contribution in [0.4, 0.5) is 5.69 Å². The van der Waals surface area contributed by atoms with Gasteiger partial charge in [-0.3, -0.25) is 10.2 Å². The predicted octanol–water partition coefficient (Wildman–Crippen LogP) is 2.40. The largest absolute Gasteiger partial charge is 0.492 e. The number of ether oxygens (including phenoxy) is 1. The van der Waals surface area contributed by atoms with Gasteiger partial charge in [0.2, 0.25) is 0 Å². The maximum atomic E-state index is 11.8. The van der Waals surface area contributed by atoms with Gasteiger partial charge in [-0.05, 0) is 43.7 Å². The summed E-state index contributed by atoms with van der Waals surface area (Å²) in [6.07, 6.45) is 0. The van der Waals surface area contributed by atoms with Crippen LogP contribution in [0.5, 0.6) is 5.75 Å². The first-order chi connectivity index (χ1) is 10.6. The smallest absolute Gasteiger partial charge is 0.267 e. The SMILES string of the molecule is Cc1cccc(OCCNc2ccc(C)cc2C(=O)NN)c1. The van der Waals surface area contributed by atoms with Gasteiger partial charge in [-0.15, -0.1) is 0 Å². The zero-order valence-electron chi connectivity index (χ0n) is 12.8. The van der Waals surface area contributed by atoms with Crippen LogP contribution < -0.4 is 21.3 Å². The molecular weight excluding hydrogens is 278 g/mol. The van der Waals surface area contributed by atoms with Crippen LogP contribution in [-0.2, 0) is 0 Å². The molecule has 0 unspecified atom stereocenters. The average molecular weight is 299 g/mol. The molecule has 5 heteroatoms. The topological polar surface area (TPSA) is 76.4 Å². The quantitative estimate of drug-likeness (QED) is 0.331. The van der Waals surface area contributed by atoms with Crippen molar-refractivity contribution in [2.75, 3.05) is 18.5 Å². The standard InChI is InChI=1S/C17H21N3O2/c1-12-4-3-5-14(10-12)22-9-8-19-16-7-6-13(2)11-15(16)17(21)20-18/h3-7,10-11,19H,8-9,18H2,1-2H3,(H,20,21). The molecule has 22 heavy (non-hydrogen) atoms. The van der Waals surface area contributed by atoms with Crippen LogP contribution in [0.3, 0.4) is 0 Å². The summed E-state index contributed by atoms with van der Waals surface area (Å²) in [6.45, 7) is 5.04. The molecule has 0 spiro atoms. The third kappa shape index (κ3) is 4.23. The van der Waals surface area contributed by atoms with Crippen LogP contribution in [0, 0.1) is 13.8 Å². The molecule has 2 aromatic rings. The number of carbonyl (C=O) groups excluding carboxylic acids is 1. The van der Waals surface area contributed by atoms with Crippen molar-refractivity contribution < 1.29 is 9.53 Å². The number of benzene rings is 2. The van der Waals surface area contributed by atoms with Crippen LogP contribution in [0.25, 0.3) is 0 Å². The molecule has 0 aliphatic carbocycles. The van der Waals surface area contributed by atoms with Crippen molar-refractivity contribution in [3.63, 3.8) is 0 Å². The minimum Gasteiger partial charge on any atom is -0.492 e. The summed E-state index contributed by atoms with van der Waals surface area (Å²) in [5, 5.41) is 3.20. The van der Waals surface area contributed by atoms with Gasteiger partial charge in [0, 0.05) is 12.2 Å². The number of hydrazine groups is 1. The normalized spacial score (nSPS) is 10.1. The van der Waals surface area contributed by atoms with E-state index in [1.807, 2.05) is 50.2 Å². The van der Waals surface area contributed by atoms with Gasteiger partial charge < -0.3 is 10.1 Å². The minimum absolute atomic E-state index is 0.314. The van der Waals surface area contributed by atoms with Crippen molar-refractivity contribution in [1.82, 2.24) is 5.43 Å². The van der Waals surface area contributed by atoms with Crippen LogP contribution in [0.15, 0.2) is 42.5 Å². The highest BCUT2D eigenvalue weighted by Gasteiger charge is 2.10. The van der Waals surface area contributed by atoms with E-state index in [2.05, 4.69) is 10.7 Å². The Hall–Kier alpha value is -2.53. The lowest BCUT2D eigenvalue weighted by molar-refractivity contribution is 0.0954. The second-order valence-corrected chi connectivity index (χ2v) is 5.11. The molecule has 0 aromatic heterocycles. The first kappa shape index (κ1) is 15.9. The van der Waals surface area contributed by atoms with Gasteiger partial charge in [0.1, 0.15) is 12.4 Å². The second-order valence-electron chi connectivity index (χ2n) is 5.11. The van der Waals surface area contributed by atoms with Crippen LogP contribution >= 0.6 is 0 Å². The van der Waals surface area contributed by atoms with E-state index in [0.717, 1.165) is 22.6 Å². The summed E-state index contributed by atoms with van der Waals surface area (Å²) in [6, 6.07) is 13.5. The Kier molecular flexibility index (Phi) is 5.38. The Labute approximate surface area is 130 Å². The molecule has 0 radical (unpaired) electrons. The van der Waals surface area contributed by atoms with Crippen LogP contribution in [0.1, 0.15) is 21.5 Å². The lowest BCUT2D eigenvalue weighted by Crippen LogP contribution is -2.31. The second kappa shape index (κ2) is 7.47. The van der Waals surface area contributed by atoms with E-state index in [0.29, 0.717) is 18.7 Å². The predicted molar refractivity (Wildman–Crippen MR) is 88.0 cm³/mol. The van der Waals surface area contributed by atoms with Gasteiger partial charge in [-0.2, -0.15) is 0 Å². The van der Waals surface area contributed by atoms with Crippen LogP contribution in [0.2, 0.25) is 0 Å². The van der Waals surface area contributed by atoms with Crippen molar-refractivity contribution >= 4 is 11.6 Å². The van der Waals surface area contributed by atoms with Crippen molar-refractivity contribution in [1.29, 1.82) is 0 Å². The molecule has 0 aliphatic heterocycles. The molecule has 4 N–H and O–H groups in total. The number of nitrogens with two attached hydrogens (primary N) is 1.